The smallest absolute Gasteiger partial charge is 0.106 e. The van der Waals surface area contributed by atoms with E-state index in [9.17, 15) is 0 Å². The molecule has 0 atom stereocenters. The van der Waals surface area contributed by atoms with Crippen LogP contribution in [-0.2, 0) is 11.2 Å². The number of carbonyl (C=O) groups is 1. The highest BCUT2D eigenvalue weighted by atomic mass is 32.1. The maximum Gasteiger partial charge on any atom is 0.106 e. The van der Waals surface area contributed by atoms with Crippen LogP contribution in [0.1, 0.15) is 26.8 Å². The Balaban J connectivity index is 0. The first kappa shape index (κ1) is 24.0. The van der Waals surface area contributed by atoms with E-state index in [1.54, 1.807) is 23.9 Å². The first-order chi connectivity index (χ1) is 11.3. The second-order valence-corrected chi connectivity index (χ2v) is 4.91. The molecule has 0 aliphatic heterocycles. The monoisotopic (exact) mass is 347 g/mol. The van der Waals surface area contributed by atoms with Gasteiger partial charge in [0.05, 0.1) is 5.69 Å². The summed E-state index contributed by atoms with van der Waals surface area (Å²) in [5.41, 5.74) is 8.65. The Morgan fingerprint density at radius 2 is 1.58 bits per heavy atom. The SMILES string of the molecule is C.C=O.CCN.CCc1ccccc1.c1cc(-c2cs[nH]2)ccn1. The van der Waals surface area contributed by atoms with Crippen LogP contribution in [0.25, 0.3) is 11.3 Å². The first-order valence-electron chi connectivity index (χ1n) is 7.36. The summed E-state index contributed by atoms with van der Waals surface area (Å²) in [5.74, 6) is 0. The number of nitrogens with two attached hydrogens (primary N) is 1. The van der Waals surface area contributed by atoms with Gasteiger partial charge in [-0.15, -0.1) is 0 Å². The van der Waals surface area contributed by atoms with Crippen LogP contribution in [0.4, 0.5) is 0 Å². The van der Waals surface area contributed by atoms with Crippen molar-refractivity contribution >= 4 is 18.3 Å². The molecule has 0 spiro atoms. The Morgan fingerprint density at radius 3 is 1.92 bits per heavy atom. The van der Waals surface area contributed by atoms with Crippen molar-refractivity contribution < 1.29 is 4.79 Å². The molecule has 1 aromatic carbocycles. The molecule has 5 heteroatoms. The van der Waals surface area contributed by atoms with E-state index in [2.05, 4.69) is 45.9 Å². The molecular formula is C19H29N3OS. The minimum Gasteiger partial charge on any atom is -0.331 e. The minimum atomic E-state index is 0. The van der Waals surface area contributed by atoms with Gasteiger partial charge in [-0.05, 0) is 30.7 Å². The fourth-order valence-electron chi connectivity index (χ4n) is 1.49. The molecule has 0 amide bonds. The van der Waals surface area contributed by atoms with Crippen LogP contribution in [0.2, 0.25) is 0 Å². The van der Waals surface area contributed by atoms with E-state index in [0.717, 1.165) is 13.0 Å². The summed E-state index contributed by atoms with van der Waals surface area (Å²) >= 11 is 1.61. The summed E-state index contributed by atoms with van der Waals surface area (Å²) in [6.45, 7) is 6.81. The number of hydrogen-bond donors (Lipinski definition) is 2. The lowest BCUT2D eigenvalue weighted by Gasteiger charge is -2.00. The molecular weight excluding hydrogens is 318 g/mol. The van der Waals surface area contributed by atoms with Crippen molar-refractivity contribution in [3.63, 3.8) is 0 Å². The molecule has 3 aromatic rings. The van der Waals surface area contributed by atoms with Gasteiger partial charge in [-0.3, -0.25) is 4.98 Å². The van der Waals surface area contributed by atoms with E-state index in [1.165, 1.54) is 16.8 Å². The predicted molar refractivity (Wildman–Crippen MR) is 106 cm³/mol. The van der Waals surface area contributed by atoms with Crippen molar-refractivity contribution in [2.75, 3.05) is 6.54 Å². The Morgan fingerprint density at radius 1 is 1.08 bits per heavy atom. The fourth-order valence-corrected chi connectivity index (χ4v) is 1.98. The van der Waals surface area contributed by atoms with E-state index in [1.807, 2.05) is 31.9 Å². The van der Waals surface area contributed by atoms with Crippen molar-refractivity contribution in [3.05, 3.63) is 65.8 Å². The maximum absolute atomic E-state index is 8.00. The number of aryl methyl sites for hydroxylation is 1. The molecule has 132 valence electrons. The lowest BCUT2D eigenvalue weighted by atomic mass is 10.2. The highest BCUT2D eigenvalue weighted by Crippen LogP contribution is 2.18. The zero-order chi connectivity index (χ0) is 17.3. The van der Waals surface area contributed by atoms with E-state index in [4.69, 9.17) is 10.5 Å². The van der Waals surface area contributed by atoms with Crippen LogP contribution in [0.15, 0.2) is 60.2 Å². The fraction of sp³-hybridized carbons (Fsp3) is 0.263. The third kappa shape index (κ3) is 10.5. The average molecular weight is 348 g/mol. The number of pyridine rings is 1. The van der Waals surface area contributed by atoms with E-state index >= 15 is 0 Å². The molecule has 0 unspecified atom stereocenters. The lowest BCUT2D eigenvalue weighted by Crippen LogP contribution is -1.87. The molecule has 0 saturated carbocycles. The quantitative estimate of drug-likeness (QED) is 0.699. The zero-order valence-electron chi connectivity index (χ0n) is 13.7. The molecule has 0 aliphatic rings. The molecule has 24 heavy (non-hydrogen) atoms. The van der Waals surface area contributed by atoms with Crippen LogP contribution in [0.5, 0.6) is 0 Å². The molecule has 2 aromatic heterocycles. The third-order valence-electron chi connectivity index (χ3n) is 2.59. The number of carbonyl (C=O) groups excluding carboxylic acids is 1. The topological polar surface area (TPSA) is 71.8 Å². The van der Waals surface area contributed by atoms with Crippen LogP contribution in [-0.4, -0.2) is 22.7 Å². The standard InChI is InChI=1S/C8H10.C7H6N2S.C2H7N.CH2O.CH4/c1-2-8-6-4-3-5-7-8;1-3-8-4-2-6(1)7-5-10-9-7;1-2-3;1-2;/h3-7H,2H2,1H3;1-5,9H;2-3H2,1H3;1H2;1H4. The van der Waals surface area contributed by atoms with Crippen molar-refractivity contribution in [2.24, 2.45) is 5.73 Å². The van der Waals surface area contributed by atoms with Gasteiger partial charge in [0, 0.05) is 23.3 Å². The van der Waals surface area contributed by atoms with Crippen molar-refractivity contribution in [1.29, 1.82) is 0 Å². The van der Waals surface area contributed by atoms with Gasteiger partial charge >= 0.3 is 0 Å². The van der Waals surface area contributed by atoms with Crippen LogP contribution >= 0.6 is 11.5 Å². The Bertz CT molecular complexity index is 570. The number of nitrogens with one attached hydrogen (secondary N) is 1. The normalized spacial score (nSPS) is 8.12. The summed E-state index contributed by atoms with van der Waals surface area (Å²) in [4.78, 5) is 11.9. The van der Waals surface area contributed by atoms with Crippen LogP contribution < -0.4 is 5.73 Å². The lowest BCUT2D eigenvalue weighted by molar-refractivity contribution is -0.0979. The summed E-state index contributed by atoms with van der Waals surface area (Å²) < 4.78 is 3.11. The Labute approximate surface area is 149 Å². The maximum atomic E-state index is 8.00. The van der Waals surface area contributed by atoms with Crippen molar-refractivity contribution in [3.8, 4) is 11.3 Å². The van der Waals surface area contributed by atoms with E-state index in [-0.39, 0.29) is 7.43 Å². The molecule has 0 radical (unpaired) electrons. The number of aromatic nitrogens is 2. The summed E-state index contributed by atoms with van der Waals surface area (Å²) in [5, 5.41) is 2.08. The first-order valence-corrected chi connectivity index (χ1v) is 8.24. The Hall–Kier alpha value is -2.24. The molecule has 0 aliphatic carbocycles. The van der Waals surface area contributed by atoms with Crippen LogP contribution in [0.3, 0.4) is 0 Å². The highest BCUT2D eigenvalue weighted by Gasteiger charge is 1.96. The average Bonchev–Trinajstić information content (AvgIpc) is 2.58. The van der Waals surface area contributed by atoms with Gasteiger partial charge in [-0.2, -0.15) is 0 Å². The van der Waals surface area contributed by atoms with Crippen molar-refractivity contribution in [1.82, 2.24) is 9.36 Å². The number of aromatic amines is 1. The number of benzene rings is 1. The number of nitrogens with zero attached hydrogens (tertiary/aromatic N) is 1. The van der Waals surface area contributed by atoms with E-state index < -0.39 is 0 Å². The number of H-pyrrole nitrogens is 1. The Kier molecular flexibility index (Phi) is 17.1. The van der Waals surface area contributed by atoms with Gasteiger partial charge in [-0.25, -0.2) is 0 Å². The molecule has 0 bridgehead atoms. The van der Waals surface area contributed by atoms with Gasteiger partial charge < -0.3 is 14.9 Å². The molecule has 0 fully saturated rings. The molecule has 3 rings (SSSR count). The number of hydrogen-bond acceptors (Lipinski definition) is 4. The van der Waals surface area contributed by atoms with Gasteiger partial charge in [-0.1, -0.05) is 63.1 Å². The van der Waals surface area contributed by atoms with Gasteiger partial charge in [0.25, 0.3) is 0 Å². The molecule has 0 saturated heterocycles. The van der Waals surface area contributed by atoms with E-state index in [0.29, 0.717) is 0 Å². The number of rotatable bonds is 2. The molecule has 2 heterocycles. The molecule has 4 nitrogen and oxygen atoms in total. The van der Waals surface area contributed by atoms with Gasteiger partial charge in [0.15, 0.2) is 0 Å². The zero-order valence-corrected chi connectivity index (χ0v) is 14.6. The third-order valence-corrected chi connectivity index (χ3v) is 3.28. The summed E-state index contributed by atoms with van der Waals surface area (Å²) in [6, 6.07) is 14.4. The van der Waals surface area contributed by atoms with Crippen molar-refractivity contribution in [2.45, 2.75) is 27.7 Å². The second kappa shape index (κ2) is 17.1. The molecule has 3 N–H and O–H groups in total. The van der Waals surface area contributed by atoms with Crippen LogP contribution in [0, 0.1) is 0 Å². The van der Waals surface area contributed by atoms with Gasteiger partial charge in [0.2, 0.25) is 0 Å². The highest BCUT2D eigenvalue weighted by molar-refractivity contribution is 7.05. The predicted octanol–water partition coefficient (Wildman–Crippen LogP) is 4.80. The van der Waals surface area contributed by atoms with Gasteiger partial charge in [0.1, 0.15) is 6.79 Å². The second-order valence-electron chi connectivity index (χ2n) is 4.23. The largest absolute Gasteiger partial charge is 0.331 e. The minimum absolute atomic E-state index is 0. The summed E-state index contributed by atoms with van der Waals surface area (Å²) in [6.07, 6.45) is 4.72. The summed E-state index contributed by atoms with van der Waals surface area (Å²) in [7, 11) is 0.